The minimum Gasteiger partial charge on any atom is -0.231 e. The van der Waals surface area contributed by atoms with Crippen LogP contribution in [0.2, 0.25) is 0 Å². The van der Waals surface area contributed by atoms with Gasteiger partial charge in [0.1, 0.15) is 11.6 Å². The van der Waals surface area contributed by atoms with E-state index >= 15 is 0 Å². The van der Waals surface area contributed by atoms with Crippen LogP contribution < -0.4 is 4.57 Å². The summed E-state index contributed by atoms with van der Waals surface area (Å²) in [4.78, 5) is 5.84. The highest BCUT2D eigenvalue weighted by molar-refractivity contribution is 7.22. The summed E-state index contributed by atoms with van der Waals surface area (Å²) >= 11 is 1.79. The van der Waals surface area contributed by atoms with Gasteiger partial charge in [-0.2, -0.15) is 5.26 Å². The number of hydrogen-bond donors (Lipinski definition) is 0. The zero-order valence-electron chi connectivity index (χ0n) is 15.0. The predicted molar refractivity (Wildman–Crippen MR) is 111 cm³/mol. The molecule has 0 saturated carbocycles. The number of thiophene rings is 1. The first-order valence-corrected chi connectivity index (χ1v) is 9.59. The van der Waals surface area contributed by atoms with E-state index in [1.54, 1.807) is 11.3 Å². The Balaban J connectivity index is 1.97. The third kappa shape index (κ3) is 2.26. The van der Waals surface area contributed by atoms with Crippen LogP contribution in [0, 0.1) is 18.3 Å². The van der Waals surface area contributed by atoms with Gasteiger partial charge in [-0.15, -0.1) is 11.3 Å². The van der Waals surface area contributed by atoms with E-state index in [0.717, 1.165) is 27.4 Å². The Bertz CT molecular complexity index is 1410. The number of aromatic nitrogens is 2. The van der Waals surface area contributed by atoms with Crippen LogP contribution in [-0.4, -0.2) is 4.98 Å². The Morgan fingerprint density at radius 2 is 1.74 bits per heavy atom. The number of aryl methyl sites for hydroxylation is 2. The fraction of sp³-hybridized carbons (Fsp3) is 0.0870. The SMILES string of the molecule is Cc1c(-c2c3cc4ccccc4c(C#N)c3nc[n+]2C)sc2ccccc12. The highest BCUT2D eigenvalue weighted by atomic mass is 32.1. The summed E-state index contributed by atoms with van der Waals surface area (Å²) in [5.41, 5.74) is 3.79. The number of hydrogen-bond acceptors (Lipinski definition) is 3. The molecule has 0 saturated heterocycles. The van der Waals surface area contributed by atoms with E-state index in [1.165, 1.54) is 20.5 Å². The topological polar surface area (TPSA) is 40.6 Å². The van der Waals surface area contributed by atoms with Crippen LogP contribution in [0.3, 0.4) is 0 Å². The van der Waals surface area contributed by atoms with Crippen LogP contribution in [-0.2, 0) is 7.05 Å². The van der Waals surface area contributed by atoms with Crippen molar-refractivity contribution in [2.75, 3.05) is 0 Å². The largest absolute Gasteiger partial charge is 0.287 e. The van der Waals surface area contributed by atoms with Crippen LogP contribution in [0.1, 0.15) is 11.1 Å². The van der Waals surface area contributed by atoms with Gasteiger partial charge in [-0.3, -0.25) is 0 Å². The summed E-state index contributed by atoms with van der Waals surface area (Å²) in [6.45, 7) is 2.17. The van der Waals surface area contributed by atoms with E-state index in [9.17, 15) is 5.26 Å². The smallest absolute Gasteiger partial charge is 0.231 e. The molecule has 2 heterocycles. The summed E-state index contributed by atoms with van der Waals surface area (Å²) in [5, 5.41) is 14.2. The molecule has 4 heteroatoms. The van der Waals surface area contributed by atoms with E-state index in [-0.39, 0.29) is 0 Å². The lowest BCUT2D eigenvalue weighted by molar-refractivity contribution is -0.662. The molecule has 0 radical (unpaired) electrons. The molecular weight excluding hydrogens is 350 g/mol. The molecule has 0 bridgehead atoms. The lowest BCUT2D eigenvalue weighted by Gasteiger charge is -2.08. The highest BCUT2D eigenvalue weighted by Crippen LogP contribution is 2.40. The molecule has 3 nitrogen and oxygen atoms in total. The van der Waals surface area contributed by atoms with Gasteiger partial charge in [0.05, 0.1) is 17.3 Å². The van der Waals surface area contributed by atoms with Crippen LogP contribution >= 0.6 is 11.3 Å². The van der Waals surface area contributed by atoms with Gasteiger partial charge in [0.15, 0.2) is 5.69 Å². The summed E-state index contributed by atoms with van der Waals surface area (Å²) in [7, 11) is 2.02. The second kappa shape index (κ2) is 5.87. The van der Waals surface area contributed by atoms with Gasteiger partial charge in [-0.1, -0.05) is 42.5 Å². The van der Waals surface area contributed by atoms with E-state index in [4.69, 9.17) is 0 Å². The summed E-state index contributed by atoms with van der Waals surface area (Å²) in [6.07, 6.45) is 1.82. The number of rotatable bonds is 1. The maximum Gasteiger partial charge on any atom is 0.287 e. The fourth-order valence-electron chi connectivity index (χ4n) is 3.84. The fourth-order valence-corrected chi connectivity index (χ4v) is 5.15. The molecule has 0 N–H and O–H groups in total. The zero-order chi connectivity index (χ0) is 18.5. The van der Waals surface area contributed by atoms with E-state index in [2.05, 4.69) is 58.9 Å². The van der Waals surface area contributed by atoms with E-state index < -0.39 is 0 Å². The van der Waals surface area contributed by atoms with E-state index in [1.807, 2.05) is 31.6 Å². The van der Waals surface area contributed by atoms with Gasteiger partial charge in [-0.25, -0.2) is 4.57 Å². The molecular formula is C23H16N3S+. The van der Waals surface area contributed by atoms with Crippen molar-refractivity contribution in [1.29, 1.82) is 5.26 Å². The maximum absolute atomic E-state index is 9.84. The minimum atomic E-state index is 0.642. The van der Waals surface area contributed by atoms with Gasteiger partial charge in [0.25, 0.3) is 6.33 Å². The molecule has 0 fully saturated rings. The van der Waals surface area contributed by atoms with Crippen LogP contribution in [0.5, 0.6) is 0 Å². The predicted octanol–water partition coefficient (Wildman–Crippen LogP) is 5.27. The molecule has 0 aliphatic carbocycles. The second-order valence-electron chi connectivity index (χ2n) is 6.74. The Morgan fingerprint density at radius 3 is 2.52 bits per heavy atom. The molecule has 0 atom stereocenters. The molecule has 0 unspecified atom stereocenters. The lowest BCUT2D eigenvalue weighted by atomic mass is 9.99. The van der Waals surface area contributed by atoms with Gasteiger partial charge in [-0.05, 0) is 40.4 Å². The van der Waals surface area contributed by atoms with Crippen molar-refractivity contribution in [2.45, 2.75) is 6.92 Å². The van der Waals surface area contributed by atoms with Gasteiger partial charge < -0.3 is 0 Å². The summed E-state index contributed by atoms with van der Waals surface area (Å²) in [5.74, 6) is 0. The first-order valence-electron chi connectivity index (χ1n) is 8.77. The molecule has 0 aliphatic rings. The monoisotopic (exact) mass is 366 g/mol. The van der Waals surface area contributed by atoms with Gasteiger partial charge in [0, 0.05) is 10.1 Å². The summed E-state index contributed by atoms with van der Waals surface area (Å²) in [6, 6.07) is 21.1. The Labute approximate surface area is 160 Å². The zero-order valence-corrected chi connectivity index (χ0v) is 15.8. The second-order valence-corrected chi connectivity index (χ2v) is 7.79. The third-order valence-corrected chi connectivity index (χ3v) is 6.44. The average Bonchev–Trinajstić information content (AvgIpc) is 3.02. The van der Waals surface area contributed by atoms with Gasteiger partial charge in [0.2, 0.25) is 5.52 Å². The Morgan fingerprint density at radius 1 is 1.00 bits per heavy atom. The summed E-state index contributed by atoms with van der Waals surface area (Å²) < 4.78 is 3.34. The number of nitriles is 1. The van der Waals surface area contributed by atoms with Crippen molar-refractivity contribution in [3.63, 3.8) is 0 Å². The van der Waals surface area contributed by atoms with Crippen molar-refractivity contribution in [1.82, 2.24) is 4.98 Å². The first-order chi connectivity index (χ1) is 13.2. The van der Waals surface area contributed by atoms with Crippen molar-refractivity contribution >= 4 is 43.1 Å². The van der Waals surface area contributed by atoms with Gasteiger partial charge >= 0.3 is 0 Å². The number of fused-ring (bicyclic) bond motifs is 3. The molecule has 0 aliphatic heterocycles. The molecule has 5 aromatic rings. The average molecular weight is 366 g/mol. The molecule has 0 spiro atoms. The molecule has 5 rings (SSSR count). The molecule has 0 amide bonds. The van der Waals surface area contributed by atoms with Crippen LogP contribution in [0.15, 0.2) is 60.9 Å². The lowest BCUT2D eigenvalue weighted by Crippen LogP contribution is -2.31. The molecule has 2 aromatic heterocycles. The third-order valence-electron chi connectivity index (χ3n) is 5.16. The normalized spacial score (nSPS) is 11.3. The molecule has 128 valence electrons. The first kappa shape index (κ1) is 15.9. The minimum absolute atomic E-state index is 0.642. The van der Waals surface area contributed by atoms with Crippen molar-refractivity contribution < 1.29 is 4.57 Å². The standard InChI is InChI=1S/C23H16N3S/c1-14-16-8-5-6-10-20(16)27-23(14)22-18-11-15-7-3-4-9-17(15)19(12-24)21(18)25-13-26(22)2/h3-11,13H,1-2H3/q+1. The number of benzene rings is 3. The highest BCUT2D eigenvalue weighted by Gasteiger charge is 2.23. The van der Waals surface area contributed by atoms with E-state index in [0.29, 0.717) is 5.56 Å². The van der Waals surface area contributed by atoms with Crippen molar-refractivity contribution in [3.8, 4) is 16.6 Å². The maximum atomic E-state index is 9.84. The van der Waals surface area contributed by atoms with Crippen molar-refractivity contribution in [3.05, 3.63) is 72.1 Å². The van der Waals surface area contributed by atoms with Crippen LogP contribution in [0.25, 0.3) is 42.3 Å². The Kier molecular flexibility index (Phi) is 3.46. The van der Waals surface area contributed by atoms with Crippen LogP contribution in [0.4, 0.5) is 0 Å². The van der Waals surface area contributed by atoms with Crippen molar-refractivity contribution in [2.24, 2.45) is 7.05 Å². The Hall–Kier alpha value is -3.29. The number of nitrogens with zero attached hydrogens (tertiary/aromatic N) is 3. The quantitative estimate of drug-likeness (QED) is 0.299. The molecule has 3 aromatic carbocycles. The molecule has 27 heavy (non-hydrogen) atoms.